The van der Waals surface area contributed by atoms with Gasteiger partial charge in [-0.2, -0.15) is 0 Å². The van der Waals surface area contributed by atoms with Gasteiger partial charge in [-0.1, -0.05) is 18.7 Å². The number of hydrogen-bond donors (Lipinski definition) is 0. The molecule has 6 heteroatoms. The Morgan fingerprint density at radius 3 is 3.10 bits per heavy atom. The number of epoxide rings is 1. The highest BCUT2D eigenvalue weighted by Crippen LogP contribution is 2.49. The monoisotopic (exact) mass is 419 g/mol. The maximum Gasteiger partial charge on any atom is 0.338 e. The summed E-state index contributed by atoms with van der Waals surface area (Å²) in [4.78, 5) is 29.0. The highest BCUT2D eigenvalue weighted by atomic mass is 16.6. The van der Waals surface area contributed by atoms with Gasteiger partial charge in [0.1, 0.15) is 18.8 Å². The third-order valence-corrected chi connectivity index (χ3v) is 6.67. The predicted octanol–water partition coefficient (Wildman–Crippen LogP) is 4.15. The molecule has 4 atom stereocenters. The van der Waals surface area contributed by atoms with E-state index in [4.69, 9.17) is 14.2 Å². The van der Waals surface area contributed by atoms with Crippen molar-refractivity contribution in [2.45, 2.75) is 50.4 Å². The lowest BCUT2D eigenvalue weighted by molar-refractivity contribution is -0.140. The largest absolute Gasteiger partial charge is 0.458 e. The molecule has 0 amide bonds. The fraction of sp³-hybridized carbons (Fsp3) is 0.400. The molecule has 0 bridgehead atoms. The number of hydrogen-bond acceptors (Lipinski definition) is 6. The van der Waals surface area contributed by atoms with Gasteiger partial charge < -0.3 is 14.2 Å². The molecule has 6 nitrogen and oxygen atoms in total. The quantitative estimate of drug-likeness (QED) is 0.322. The van der Waals surface area contributed by atoms with Gasteiger partial charge >= 0.3 is 11.9 Å². The second kappa shape index (κ2) is 7.61. The van der Waals surface area contributed by atoms with Crippen molar-refractivity contribution in [3.8, 4) is 0 Å². The van der Waals surface area contributed by atoms with Gasteiger partial charge in [-0.05, 0) is 62.4 Å². The van der Waals surface area contributed by atoms with Crippen molar-refractivity contribution in [2.24, 2.45) is 5.92 Å². The molecule has 1 aliphatic carbocycles. The molecule has 3 heterocycles. The summed E-state index contributed by atoms with van der Waals surface area (Å²) < 4.78 is 17.1. The lowest BCUT2D eigenvalue weighted by Gasteiger charge is -2.20. The van der Waals surface area contributed by atoms with Gasteiger partial charge in [0.05, 0.1) is 16.7 Å². The summed E-state index contributed by atoms with van der Waals surface area (Å²) in [5.41, 5.74) is 2.63. The van der Waals surface area contributed by atoms with E-state index in [0.29, 0.717) is 11.1 Å². The van der Waals surface area contributed by atoms with Crippen molar-refractivity contribution in [1.82, 2.24) is 4.98 Å². The SMILES string of the molecule is C=C1C(=O)O[C@H]2[C@H]1CC/C(COC(=O)c1ccc3ncccc3c1)=C\CC[C@@]1(C)O[C@@H]21. The standard InChI is InChI=1S/C25H25NO5/c1-15-19-9-7-16(5-3-11-25(2)22(31-25)21(19)30-23(15)27)14-29-24(28)18-8-10-20-17(13-18)6-4-12-26-20/h4-6,8,10,12-13,19,21-22H,1,3,7,9,11,14H2,2H3/b16-5+/t19-,21-,22-,25+/m0/s1. The Balaban J connectivity index is 1.28. The number of benzene rings is 1. The summed E-state index contributed by atoms with van der Waals surface area (Å²) in [6.07, 6.45) is 6.64. The highest BCUT2D eigenvalue weighted by molar-refractivity contribution is 5.94. The number of fused-ring (bicyclic) bond motifs is 4. The van der Waals surface area contributed by atoms with Crippen LogP contribution in [-0.4, -0.2) is 41.3 Å². The summed E-state index contributed by atoms with van der Waals surface area (Å²) >= 11 is 0. The molecule has 2 saturated heterocycles. The summed E-state index contributed by atoms with van der Waals surface area (Å²) in [6, 6.07) is 9.12. The van der Waals surface area contributed by atoms with E-state index in [1.807, 2.05) is 18.2 Å². The van der Waals surface area contributed by atoms with Crippen LogP contribution < -0.4 is 0 Å². The van der Waals surface area contributed by atoms with Crippen LogP contribution in [0.2, 0.25) is 0 Å². The fourth-order valence-electron chi connectivity index (χ4n) is 4.70. The maximum atomic E-state index is 12.6. The molecule has 0 saturated carbocycles. The van der Waals surface area contributed by atoms with Crippen molar-refractivity contribution in [1.29, 1.82) is 0 Å². The molecule has 1 aromatic carbocycles. The Kier molecular flexibility index (Phi) is 4.89. The Labute approximate surface area is 180 Å². The van der Waals surface area contributed by atoms with Crippen LogP contribution >= 0.6 is 0 Å². The molecule has 2 aliphatic heterocycles. The Morgan fingerprint density at radius 1 is 1.35 bits per heavy atom. The van der Waals surface area contributed by atoms with Gasteiger partial charge in [0, 0.05) is 23.1 Å². The Hall–Kier alpha value is -2.99. The number of carbonyl (C=O) groups excluding carboxylic acids is 2. The lowest BCUT2D eigenvalue weighted by Crippen LogP contribution is -2.29. The van der Waals surface area contributed by atoms with E-state index in [0.717, 1.165) is 42.2 Å². The Bertz CT molecular complexity index is 1110. The maximum absolute atomic E-state index is 12.6. The molecule has 0 unspecified atom stereocenters. The number of ether oxygens (including phenoxy) is 3. The third-order valence-electron chi connectivity index (χ3n) is 6.67. The van der Waals surface area contributed by atoms with E-state index in [9.17, 15) is 9.59 Å². The number of aromatic nitrogens is 1. The molecule has 1 aromatic heterocycles. The zero-order valence-electron chi connectivity index (χ0n) is 17.5. The van der Waals surface area contributed by atoms with Gasteiger partial charge in [0.25, 0.3) is 0 Å². The summed E-state index contributed by atoms with van der Waals surface area (Å²) in [6.45, 7) is 6.23. The van der Waals surface area contributed by atoms with Crippen LogP contribution in [0.15, 0.2) is 60.3 Å². The zero-order valence-corrected chi connectivity index (χ0v) is 17.5. The third kappa shape index (κ3) is 3.76. The van der Waals surface area contributed by atoms with Crippen molar-refractivity contribution in [2.75, 3.05) is 6.61 Å². The van der Waals surface area contributed by atoms with Crippen LogP contribution in [0.3, 0.4) is 0 Å². The molecule has 2 fully saturated rings. The van der Waals surface area contributed by atoms with Crippen LogP contribution in [0.5, 0.6) is 0 Å². The lowest BCUT2D eigenvalue weighted by atomic mass is 9.84. The number of esters is 2. The minimum Gasteiger partial charge on any atom is -0.458 e. The number of rotatable bonds is 3. The second-order valence-electron chi connectivity index (χ2n) is 8.78. The van der Waals surface area contributed by atoms with Gasteiger partial charge in [-0.25, -0.2) is 9.59 Å². The van der Waals surface area contributed by atoms with E-state index in [-0.39, 0.29) is 42.3 Å². The topological polar surface area (TPSA) is 78.0 Å². The summed E-state index contributed by atoms with van der Waals surface area (Å²) in [5.74, 6) is -0.748. The number of pyridine rings is 1. The molecular weight excluding hydrogens is 394 g/mol. The second-order valence-corrected chi connectivity index (χ2v) is 8.78. The van der Waals surface area contributed by atoms with Crippen LogP contribution in [0.4, 0.5) is 0 Å². The van der Waals surface area contributed by atoms with E-state index >= 15 is 0 Å². The van der Waals surface area contributed by atoms with Crippen LogP contribution in [0.25, 0.3) is 10.9 Å². The number of carbonyl (C=O) groups is 2. The number of nitrogens with zero attached hydrogens (tertiary/aromatic N) is 1. The first-order valence-corrected chi connectivity index (χ1v) is 10.7. The first-order chi connectivity index (χ1) is 14.9. The summed E-state index contributed by atoms with van der Waals surface area (Å²) in [7, 11) is 0. The average Bonchev–Trinajstić information content (AvgIpc) is 3.37. The molecular formula is C25H25NO5. The smallest absolute Gasteiger partial charge is 0.338 e. The van der Waals surface area contributed by atoms with Crippen LogP contribution in [0, 0.1) is 5.92 Å². The molecule has 31 heavy (non-hydrogen) atoms. The van der Waals surface area contributed by atoms with E-state index in [2.05, 4.69) is 24.6 Å². The fourth-order valence-corrected chi connectivity index (χ4v) is 4.70. The van der Waals surface area contributed by atoms with Crippen molar-refractivity contribution >= 4 is 22.8 Å². The highest BCUT2D eigenvalue weighted by Gasteiger charge is 2.61. The van der Waals surface area contributed by atoms with Crippen molar-refractivity contribution in [3.63, 3.8) is 0 Å². The van der Waals surface area contributed by atoms with Crippen molar-refractivity contribution in [3.05, 3.63) is 65.9 Å². The minimum atomic E-state index is -0.358. The molecule has 0 spiro atoms. The molecule has 0 N–H and O–H groups in total. The molecule has 3 aliphatic rings. The van der Waals surface area contributed by atoms with Gasteiger partial charge in [-0.15, -0.1) is 0 Å². The average molecular weight is 419 g/mol. The first-order valence-electron chi connectivity index (χ1n) is 10.7. The predicted molar refractivity (Wildman–Crippen MR) is 114 cm³/mol. The minimum absolute atomic E-state index is 0.0594. The van der Waals surface area contributed by atoms with Crippen LogP contribution in [-0.2, 0) is 19.0 Å². The van der Waals surface area contributed by atoms with E-state index in [1.54, 1.807) is 18.3 Å². The molecule has 160 valence electrons. The molecule has 5 rings (SSSR count). The van der Waals surface area contributed by atoms with Gasteiger partial charge in [-0.3, -0.25) is 4.98 Å². The molecule has 0 radical (unpaired) electrons. The van der Waals surface area contributed by atoms with E-state index < -0.39 is 0 Å². The molecule has 2 aromatic rings. The van der Waals surface area contributed by atoms with Gasteiger partial charge in [0.15, 0.2) is 0 Å². The first kappa shape index (κ1) is 19.9. The normalized spacial score (nSPS) is 31.8. The number of allylic oxidation sites excluding steroid dienone is 1. The van der Waals surface area contributed by atoms with Gasteiger partial charge in [0.2, 0.25) is 0 Å². The Morgan fingerprint density at radius 2 is 2.23 bits per heavy atom. The zero-order chi connectivity index (χ0) is 21.6. The van der Waals surface area contributed by atoms with E-state index in [1.165, 1.54) is 0 Å². The van der Waals surface area contributed by atoms with Crippen molar-refractivity contribution < 1.29 is 23.8 Å². The van der Waals surface area contributed by atoms with Crippen LogP contribution in [0.1, 0.15) is 43.0 Å². The summed E-state index contributed by atoms with van der Waals surface area (Å²) in [5, 5.41) is 0.901.